The van der Waals surface area contributed by atoms with Crippen LogP contribution in [-0.4, -0.2) is 20.4 Å². The van der Waals surface area contributed by atoms with Crippen LogP contribution in [0.15, 0.2) is 66.0 Å². The quantitative estimate of drug-likeness (QED) is 0.387. The van der Waals surface area contributed by atoms with Gasteiger partial charge in [0, 0.05) is 59.4 Å². The van der Waals surface area contributed by atoms with Crippen LogP contribution in [0, 0.1) is 17.5 Å². The van der Waals surface area contributed by atoms with Crippen LogP contribution >= 0.6 is 0 Å². The summed E-state index contributed by atoms with van der Waals surface area (Å²) in [5.41, 5.74) is 5.75. The highest BCUT2D eigenvalue weighted by atomic mass is 19.1. The molecule has 0 radical (unpaired) electrons. The number of nitrogens with one attached hydrogen (secondary N) is 1. The third-order valence-electron chi connectivity index (χ3n) is 6.06. The Morgan fingerprint density at radius 2 is 1.81 bits per heavy atom. The van der Waals surface area contributed by atoms with Gasteiger partial charge in [0.2, 0.25) is 0 Å². The molecule has 182 valence electrons. The normalized spacial score (nSPS) is 13.0. The predicted octanol–water partition coefficient (Wildman–Crippen LogP) is 4.48. The number of hydrogen-bond donors (Lipinski definition) is 2. The zero-order valence-electron chi connectivity index (χ0n) is 18.8. The van der Waals surface area contributed by atoms with Crippen molar-refractivity contribution in [1.82, 2.24) is 14.5 Å². The van der Waals surface area contributed by atoms with Crippen LogP contribution in [0.4, 0.5) is 24.5 Å². The highest BCUT2D eigenvalue weighted by molar-refractivity contribution is 6.06. The van der Waals surface area contributed by atoms with Gasteiger partial charge >= 0.3 is 0 Å². The Labute approximate surface area is 203 Å². The van der Waals surface area contributed by atoms with Gasteiger partial charge in [-0.2, -0.15) is 0 Å². The highest BCUT2D eigenvalue weighted by Gasteiger charge is 2.26. The molecule has 1 fully saturated rings. The van der Waals surface area contributed by atoms with Gasteiger partial charge in [-0.3, -0.25) is 14.6 Å². The Balaban J connectivity index is 1.71. The van der Waals surface area contributed by atoms with E-state index in [0.29, 0.717) is 5.56 Å². The Morgan fingerprint density at radius 1 is 1.06 bits per heavy atom. The molecule has 3 N–H and O–H groups in total. The number of anilines is 2. The van der Waals surface area contributed by atoms with E-state index in [-0.39, 0.29) is 45.4 Å². The third kappa shape index (κ3) is 4.45. The van der Waals surface area contributed by atoms with E-state index in [1.807, 2.05) is 0 Å². The minimum atomic E-state index is -0.839. The fourth-order valence-corrected chi connectivity index (χ4v) is 4.04. The summed E-state index contributed by atoms with van der Waals surface area (Å²) in [6.07, 6.45) is 6.79. The standard InChI is InChI=1S/C26H20F3N5O2/c27-19-2-1-3-20(28)17(19)10-18-24(30)21(29)11-16(14-4-7-23(35)34(13-14)15-5-6-15)25(18)33-26(36)22-12-31-8-9-32-22/h1-4,7-9,11-13,15H,5-6,10,30H2,(H,33,36). The van der Waals surface area contributed by atoms with E-state index in [9.17, 15) is 18.4 Å². The van der Waals surface area contributed by atoms with Crippen molar-refractivity contribution < 1.29 is 18.0 Å². The number of halogens is 3. The molecular weight excluding hydrogens is 471 g/mol. The molecule has 2 heterocycles. The van der Waals surface area contributed by atoms with E-state index < -0.39 is 29.8 Å². The number of rotatable bonds is 6. The maximum Gasteiger partial charge on any atom is 0.275 e. The number of carbonyl (C=O) groups excluding carboxylic acids is 1. The van der Waals surface area contributed by atoms with E-state index in [1.54, 1.807) is 10.8 Å². The zero-order valence-corrected chi connectivity index (χ0v) is 18.8. The lowest BCUT2D eigenvalue weighted by Crippen LogP contribution is -2.19. The van der Waals surface area contributed by atoms with E-state index in [0.717, 1.165) is 31.0 Å². The van der Waals surface area contributed by atoms with Crippen LogP contribution in [0.5, 0.6) is 0 Å². The fourth-order valence-electron chi connectivity index (χ4n) is 4.04. The van der Waals surface area contributed by atoms with E-state index in [1.165, 1.54) is 36.8 Å². The molecular formula is C26H20F3N5O2. The maximum atomic E-state index is 15.1. The van der Waals surface area contributed by atoms with Gasteiger partial charge in [-0.25, -0.2) is 18.2 Å². The molecule has 36 heavy (non-hydrogen) atoms. The van der Waals surface area contributed by atoms with Crippen molar-refractivity contribution in [2.45, 2.75) is 25.3 Å². The van der Waals surface area contributed by atoms with Crippen LogP contribution in [0.25, 0.3) is 11.1 Å². The van der Waals surface area contributed by atoms with Gasteiger partial charge in [0.15, 0.2) is 0 Å². The van der Waals surface area contributed by atoms with E-state index in [2.05, 4.69) is 15.3 Å². The summed E-state index contributed by atoms with van der Waals surface area (Å²) in [7, 11) is 0. The minimum Gasteiger partial charge on any atom is -0.396 e. The Bertz CT molecular complexity index is 1510. The molecule has 10 heteroatoms. The number of nitrogen functional groups attached to an aromatic ring is 1. The summed E-state index contributed by atoms with van der Waals surface area (Å²) in [5.74, 6) is -3.19. The Hall–Kier alpha value is -4.47. The van der Waals surface area contributed by atoms with Gasteiger partial charge in [-0.15, -0.1) is 0 Å². The minimum absolute atomic E-state index is 0.0181. The predicted molar refractivity (Wildman–Crippen MR) is 128 cm³/mol. The van der Waals surface area contributed by atoms with Crippen molar-refractivity contribution in [2.24, 2.45) is 0 Å². The topological polar surface area (TPSA) is 103 Å². The summed E-state index contributed by atoms with van der Waals surface area (Å²) >= 11 is 0. The molecule has 1 aliphatic rings. The lowest BCUT2D eigenvalue weighted by Gasteiger charge is -2.20. The largest absolute Gasteiger partial charge is 0.396 e. The molecule has 0 aliphatic heterocycles. The lowest BCUT2D eigenvalue weighted by molar-refractivity contribution is 0.102. The first-order valence-corrected chi connectivity index (χ1v) is 11.2. The number of nitrogens with two attached hydrogens (primary N) is 1. The second-order valence-corrected chi connectivity index (χ2v) is 8.49. The van der Waals surface area contributed by atoms with Gasteiger partial charge in [0.25, 0.3) is 11.5 Å². The zero-order chi connectivity index (χ0) is 25.4. The molecule has 4 aromatic rings. The second-order valence-electron chi connectivity index (χ2n) is 8.49. The van der Waals surface area contributed by atoms with E-state index >= 15 is 4.39 Å². The van der Waals surface area contributed by atoms with Crippen LogP contribution < -0.4 is 16.6 Å². The van der Waals surface area contributed by atoms with Crippen LogP contribution in [0.2, 0.25) is 0 Å². The number of amides is 1. The smallest absolute Gasteiger partial charge is 0.275 e. The van der Waals surface area contributed by atoms with Gasteiger partial charge in [-0.05, 0) is 37.1 Å². The Morgan fingerprint density at radius 3 is 2.47 bits per heavy atom. The number of nitrogens with zero attached hydrogens (tertiary/aromatic N) is 3. The summed E-state index contributed by atoms with van der Waals surface area (Å²) in [5, 5.41) is 2.68. The van der Waals surface area contributed by atoms with Crippen LogP contribution in [-0.2, 0) is 6.42 Å². The van der Waals surface area contributed by atoms with Gasteiger partial charge in [-0.1, -0.05) is 6.07 Å². The number of hydrogen-bond acceptors (Lipinski definition) is 5. The molecule has 0 bridgehead atoms. The molecule has 2 aromatic heterocycles. The van der Waals surface area contributed by atoms with Crippen molar-refractivity contribution in [3.63, 3.8) is 0 Å². The summed E-state index contributed by atoms with van der Waals surface area (Å²) in [6, 6.07) is 7.40. The van der Waals surface area contributed by atoms with Gasteiger partial charge in [0.05, 0.1) is 17.6 Å². The average Bonchev–Trinajstić information content (AvgIpc) is 3.71. The van der Waals surface area contributed by atoms with Crippen molar-refractivity contribution in [1.29, 1.82) is 0 Å². The van der Waals surface area contributed by atoms with E-state index in [4.69, 9.17) is 5.73 Å². The summed E-state index contributed by atoms with van der Waals surface area (Å²) < 4.78 is 45.7. The van der Waals surface area contributed by atoms with Crippen LogP contribution in [0.1, 0.15) is 40.5 Å². The fraction of sp³-hybridized carbons (Fsp3) is 0.154. The summed E-state index contributed by atoms with van der Waals surface area (Å²) in [4.78, 5) is 33.2. The van der Waals surface area contributed by atoms with Crippen molar-refractivity contribution in [3.05, 3.63) is 106 Å². The molecule has 1 amide bonds. The summed E-state index contributed by atoms with van der Waals surface area (Å²) in [6.45, 7) is 0. The molecule has 7 nitrogen and oxygen atoms in total. The van der Waals surface area contributed by atoms with Gasteiger partial charge < -0.3 is 15.6 Å². The SMILES string of the molecule is Nc1c(F)cc(-c2ccc(=O)n(C3CC3)c2)c(NC(=O)c2cnccn2)c1Cc1c(F)cccc1F. The number of aromatic nitrogens is 3. The monoisotopic (exact) mass is 491 g/mol. The molecule has 5 rings (SSSR count). The first-order chi connectivity index (χ1) is 17.3. The van der Waals surface area contributed by atoms with Crippen molar-refractivity contribution in [2.75, 3.05) is 11.1 Å². The van der Waals surface area contributed by atoms with Crippen molar-refractivity contribution >= 4 is 17.3 Å². The lowest BCUT2D eigenvalue weighted by atomic mass is 9.94. The number of benzene rings is 2. The average molecular weight is 491 g/mol. The number of carbonyl (C=O) groups is 1. The van der Waals surface area contributed by atoms with Gasteiger partial charge in [0.1, 0.15) is 23.1 Å². The molecule has 1 aliphatic carbocycles. The molecule has 0 atom stereocenters. The molecule has 0 spiro atoms. The maximum absolute atomic E-state index is 15.1. The third-order valence-corrected chi connectivity index (χ3v) is 6.06. The van der Waals surface area contributed by atoms with Crippen LogP contribution in [0.3, 0.4) is 0 Å². The molecule has 0 unspecified atom stereocenters. The van der Waals surface area contributed by atoms with Crippen molar-refractivity contribution in [3.8, 4) is 11.1 Å². The molecule has 2 aromatic carbocycles. The first-order valence-electron chi connectivity index (χ1n) is 11.2. The molecule has 0 saturated heterocycles. The molecule has 1 saturated carbocycles. The second kappa shape index (κ2) is 9.29. The Kier molecular flexibility index (Phi) is 6.01. The number of pyridine rings is 1. The first kappa shape index (κ1) is 23.3. The highest BCUT2D eigenvalue weighted by Crippen LogP contribution is 2.40.